The number of nitrogens with zero attached hydrogens (tertiary/aromatic N) is 2. The Bertz CT molecular complexity index is 394. The Morgan fingerprint density at radius 2 is 2.28 bits per heavy atom. The van der Waals surface area contributed by atoms with E-state index in [0.717, 1.165) is 6.54 Å². The zero-order chi connectivity index (χ0) is 13.5. The van der Waals surface area contributed by atoms with E-state index in [1.54, 1.807) is 25.3 Å². The van der Waals surface area contributed by atoms with Crippen molar-refractivity contribution in [3.63, 3.8) is 0 Å². The number of esters is 1. The predicted molar refractivity (Wildman–Crippen MR) is 71.8 cm³/mol. The van der Waals surface area contributed by atoms with Crippen molar-refractivity contribution in [3.8, 4) is 0 Å². The lowest BCUT2D eigenvalue weighted by Crippen LogP contribution is -2.30. The molecule has 0 saturated heterocycles. The number of ether oxygens (including phenoxy) is 1. The molecule has 0 spiro atoms. The highest BCUT2D eigenvalue weighted by Gasteiger charge is 2.14. The van der Waals surface area contributed by atoms with E-state index >= 15 is 0 Å². The van der Waals surface area contributed by atoms with Crippen LogP contribution < -0.4 is 5.32 Å². The fraction of sp³-hybridized carbons (Fsp3) is 0.538. The maximum atomic E-state index is 11.8. The molecule has 0 amide bonds. The van der Waals surface area contributed by atoms with Gasteiger partial charge >= 0.3 is 5.97 Å². The number of carbonyl (C=O) groups excluding carboxylic acids is 1. The number of hydrogen-bond donors (Lipinski definition) is 1. The summed E-state index contributed by atoms with van der Waals surface area (Å²) in [5.74, 6) is 0.232. The normalized spacial score (nSPS) is 12.3. The molecule has 0 fully saturated rings. The average Bonchev–Trinajstić information content (AvgIpc) is 2.28. The van der Waals surface area contributed by atoms with Gasteiger partial charge in [-0.1, -0.05) is 0 Å². The van der Waals surface area contributed by atoms with Gasteiger partial charge in [0.1, 0.15) is 11.4 Å². The molecule has 0 radical (unpaired) electrons. The Balaban J connectivity index is 2.79. The number of anilines is 1. The van der Waals surface area contributed by atoms with E-state index in [9.17, 15) is 4.79 Å². The van der Waals surface area contributed by atoms with Crippen LogP contribution >= 0.6 is 0 Å². The fourth-order valence-electron chi connectivity index (χ4n) is 1.72. The first kappa shape index (κ1) is 14.4. The number of carbonyl (C=O) groups is 1. The summed E-state index contributed by atoms with van der Waals surface area (Å²) in [4.78, 5) is 18.0. The second kappa shape index (κ2) is 6.96. The second-order valence-corrected chi connectivity index (χ2v) is 4.43. The van der Waals surface area contributed by atoms with E-state index < -0.39 is 0 Å². The molecule has 0 bridgehead atoms. The molecule has 1 aromatic rings. The van der Waals surface area contributed by atoms with E-state index in [1.165, 1.54) is 0 Å². The van der Waals surface area contributed by atoms with Gasteiger partial charge in [0.15, 0.2) is 0 Å². The monoisotopic (exact) mass is 251 g/mol. The number of aromatic nitrogens is 1. The summed E-state index contributed by atoms with van der Waals surface area (Å²) in [6.45, 7) is 5.05. The van der Waals surface area contributed by atoms with Gasteiger partial charge in [0.2, 0.25) is 0 Å². The maximum Gasteiger partial charge on any atom is 0.341 e. The minimum absolute atomic E-state index is 0.197. The van der Waals surface area contributed by atoms with E-state index in [4.69, 9.17) is 4.74 Å². The van der Waals surface area contributed by atoms with Gasteiger partial charge in [0.05, 0.1) is 6.61 Å². The maximum absolute atomic E-state index is 11.8. The van der Waals surface area contributed by atoms with Crippen LogP contribution in [0.25, 0.3) is 0 Å². The van der Waals surface area contributed by atoms with Crippen molar-refractivity contribution in [1.29, 1.82) is 0 Å². The van der Waals surface area contributed by atoms with Crippen LogP contribution in [0, 0.1) is 0 Å². The van der Waals surface area contributed by atoms with Crippen molar-refractivity contribution in [2.24, 2.45) is 0 Å². The fourth-order valence-corrected chi connectivity index (χ4v) is 1.72. The molecule has 1 unspecified atom stereocenters. The lowest BCUT2D eigenvalue weighted by Gasteiger charge is -2.19. The minimum atomic E-state index is -0.342. The van der Waals surface area contributed by atoms with Crippen LogP contribution in [0.4, 0.5) is 5.82 Å². The van der Waals surface area contributed by atoms with Crippen molar-refractivity contribution in [2.75, 3.05) is 32.6 Å². The smallest absolute Gasteiger partial charge is 0.341 e. The number of pyridine rings is 1. The first-order valence-electron chi connectivity index (χ1n) is 6.08. The van der Waals surface area contributed by atoms with Gasteiger partial charge in [-0.15, -0.1) is 0 Å². The molecule has 100 valence electrons. The van der Waals surface area contributed by atoms with Crippen molar-refractivity contribution < 1.29 is 9.53 Å². The summed E-state index contributed by atoms with van der Waals surface area (Å²) < 4.78 is 5.00. The number of nitrogens with one attached hydrogen (secondary N) is 1. The highest BCUT2D eigenvalue weighted by Crippen LogP contribution is 2.14. The molecule has 0 aliphatic rings. The van der Waals surface area contributed by atoms with Gasteiger partial charge in [0.25, 0.3) is 0 Å². The van der Waals surface area contributed by atoms with Crippen LogP contribution in [0.5, 0.6) is 0 Å². The highest BCUT2D eigenvalue weighted by molar-refractivity contribution is 5.94. The van der Waals surface area contributed by atoms with Gasteiger partial charge < -0.3 is 15.0 Å². The average molecular weight is 251 g/mol. The van der Waals surface area contributed by atoms with E-state index in [1.807, 2.05) is 21.0 Å². The number of likely N-dealkylation sites (N-methyl/N-ethyl adjacent to an activating group) is 1. The topological polar surface area (TPSA) is 54.5 Å². The predicted octanol–water partition coefficient (Wildman–Crippen LogP) is 1.62. The third-order valence-electron chi connectivity index (χ3n) is 2.33. The summed E-state index contributed by atoms with van der Waals surface area (Å²) in [5.41, 5.74) is 0.477. The highest BCUT2D eigenvalue weighted by atomic mass is 16.5. The number of rotatable bonds is 6. The molecular weight excluding hydrogens is 230 g/mol. The molecule has 0 saturated carbocycles. The SMILES string of the molecule is CCOC(=O)c1cccnc1NC(C)CN(C)C. The van der Waals surface area contributed by atoms with E-state index in [-0.39, 0.29) is 12.0 Å². The Labute approximate surface area is 108 Å². The van der Waals surface area contributed by atoms with Crippen LogP contribution in [0.3, 0.4) is 0 Å². The molecule has 1 atom stereocenters. The Morgan fingerprint density at radius 3 is 2.89 bits per heavy atom. The van der Waals surface area contributed by atoms with Crippen LogP contribution in [-0.2, 0) is 4.74 Å². The van der Waals surface area contributed by atoms with Crippen LogP contribution in [0.15, 0.2) is 18.3 Å². The Hall–Kier alpha value is -1.62. The molecule has 1 heterocycles. The summed E-state index contributed by atoms with van der Waals surface area (Å²) in [7, 11) is 4.01. The van der Waals surface area contributed by atoms with E-state index in [2.05, 4.69) is 15.2 Å². The van der Waals surface area contributed by atoms with Crippen LogP contribution in [-0.4, -0.2) is 49.1 Å². The molecule has 5 nitrogen and oxygen atoms in total. The van der Waals surface area contributed by atoms with Gasteiger partial charge in [-0.05, 0) is 40.1 Å². The third kappa shape index (κ3) is 4.33. The van der Waals surface area contributed by atoms with Crippen molar-refractivity contribution in [1.82, 2.24) is 9.88 Å². The van der Waals surface area contributed by atoms with Gasteiger partial charge in [0, 0.05) is 18.8 Å². The quantitative estimate of drug-likeness (QED) is 0.779. The Kier molecular flexibility index (Phi) is 5.58. The zero-order valence-electron chi connectivity index (χ0n) is 11.4. The number of hydrogen-bond acceptors (Lipinski definition) is 5. The van der Waals surface area contributed by atoms with Gasteiger partial charge in [-0.2, -0.15) is 0 Å². The molecule has 1 aromatic heterocycles. The zero-order valence-corrected chi connectivity index (χ0v) is 11.4. The summed E-state index contributed by atoms with van der Waals surface area (Å²) in [6, 6.07) is 3.65. The molecule has 0 aliphatic carbocycles. The standard InChI is InChI=1S/C13H21N3O2/c1-5-18-13(17)11-7-6-8-14-12(11)15-10(2)9-16(3)4/h6-8,10H,5,9H2,1-4H3,(H,14,15). The molecule has 1 rings (SSSR count). The molecule has 0 aromatic carbocycles. The molecular formula is C13H21N3O2. The van der Waals surface area contributed by atoms with Gasteiger partial charge in [-0.3, -0.25) is 0 Å². The molecule has 18 heavy (non-hydrogen) atoms. The second-order valence-electron chi connectivity index (χ2n) is 4.43. The first-order chi connectivity index (χ1) is 8.54. The minimum Gasteiger partial charge on any atom is -0.462 e. The lowest BCUT2D eigenvalue weighted by molar-refractivity contribution is 0.0527. The summed E-state index contributed by atoms with van der Waals surface area (Å²) >= 11 is 0. The molecule has 5 heteroatoms. The van der Waals surface area contributed by atoms with Crippen LogP contribution in [0.1, 0.15) is 24.2 Å². The van der Waals surface area contributed by atoms with Crippen molar-refractivity contribution in [3.05, 3.63) is 23.9 Å². The van der Waals surface area contributed by atoms with Crippen LogP contribution in [0.2, 0.25) is 0 Å². The third-order valence-corrected chi connectivity index (χ3v) is 2.33. The lowest BCUT2D eigenvalue weighted by atomic mass is 10.2. The van der Waals surface area contributed by atoms with Gasteiger partial charge in [-0.25, -0.2) is 9.78 Å². The van der Waals surface area contributed by atoms with E-state index in [0.29, 0.717) is 18.0 Å². The first-order valence-corrected chi connectivity index (χ1v) is 6.08. The van der Waals surface area contributed by atoms with Crippen molar-refractivity contribution >= 4 is 11.8 Å². The van der Waals surface area contributed by atoms with Crippen molar-refractivity contribution in [2.45, 2.75) is 19.9 Å². The summed E-state index contributed by atoms with van der Waals surface area (Å²) in [5, 5.41) is 3.23. The summed E-state index contributed by atoms with van der Waals surface area (Å²) in [6.07, 6.45) is 1.66. The molecule has 0 aliphatic heterocycles. The largest absolute Gasteiger partial charge is 0.462 e. The molecule has 1 N–H and O–H groups in total. The Morgan fingerprint density at radius 1 is 1.56 bits per heavy atom.